The van der Waals surface area contributed by atoms with E-state index in [0.717, 1.165) is 22.3 Å². The number of carbonyl (C=O) groups excluding carboxylic acids is 1. The van der Waals surface area contributed by atoms with Crippen LogP contribution in [-0.2, 0) is 4.79 Å². The molecule has 0 heterocycles. The van der Waals surface area contributed by atoms with Crippen LogP contribution in [0.2, 0.25) is 0 Å². The Kier molecular flexibility index (Phi) is 6.15. The highest BCUT2D eigenvalue weighted by atomic mass is 79.9. The molecule has 0 aliphatic carbocycles. The molecular weight excluding hydrogens is 294 g/mol. The fourth-order valence-electron chi connectivity index (χ4n) is 1.42. The summed E-state index contributed by atoms with van der Waals surface area (Å²) >= 11 is 3.45. The summed E-state index contributed by atoms with van der Waals surface area (Å²) in [6.07, 6.45) is 0. The van der Waals surface area contributed by atoms with E-state index >= 15 is 0 Å². The maximum Gasteiger partial charge on any atom is 0.239 e. The third-order valence-electron chi connectivity index (χ3n) is 2.49. The van der Waals surface area contributed by atoms with Crippen molar-refractivity contribution in [3.8, 4) is 0 Å². The third kappa shape index (κ3) is 5.51. The van der Waals surface area contributed by atoms with Crippen molar-refractivity contribution >= 4 is 27.5 Å². The molecule has 0 saturated heterocycles. The zero-order chi connectivity index (χ0) is 13.5. The molecule has 1 amide bonds. The average molecular weight is 314 g/mol. The van der Waals surface area contributed by atoms with Gasteiger partial charge in [0.1, 0.15) is 0 Å². The fraction of sp³-hybridized carbons (Fsp3) is 0.462. The zero-order valence-corrected chi connectivity index (χ0v) is 12.7. The summed E-state index contributed by atoms with van der Waals surface area (Å²) in [7, 11) is 3.96. The highest BCUT2D eigenvalue weighted by Crippen LogP contribution is 2.19. The summed E-state index contributed by atoms with van der Waals surface area (Å²) in [6, 6.07) is 5.93. The quantitative estimate of drug-likeness (QED) is 0.842. The van der Waals surface area contributed by atoms with E-state index in [2.05, 4.69) is 26.6 Å². The van der Waals surface area contributed by atoms with Crippen molar-refractivity contribution < 1.29 is 4.79 Å². The molecule has 0 aliphatic heterocycles. The number of benzene rings is 1. The monoisotopic (exact) mass is 313 g/mol. The van der Waals surface area contributed by atoms with Crippen LogP contribution in [0.3, 0.4) is 0 Å². The summed E-state index contributed by atoms with van der Waals surface area (Å²) in [5, 5.41) is 5.96. The molecule has 0 fully saturated rings. The second-order valence-corrected chi connectivity index (χ2v) is 5.33. The number of anilines is 1. The molecule has 1 rings (SSSR count). The minimum atomic E-state index is 0.0115. The second-order valence-electron chi connectivity index (χ2n) is 4.47. The van der Waals surface area contributed by atoms with Crippen molar-refractivity contribution in [3.05, 3.63) is 28.2 Å². The first-order chi connectivity index (χ1) is 8.49. The van der Waals surface area contributed by atoms with E-state index in [0.29, 0.717) is 13.1 Å². The molecule has 0 saturated carbocycles. The largest absolute Gasteiger partial charge is 0.376 e. The van der Waals surface area contributed by atoms with E-state index in [4.69, 9.17) is 0 Å². The first-order valence-corrected chi connectivity index (χ1v) is 6.70. The number of halogens is 1. The van der Waals surface area contributed by atoms with E-state index in [1.807, 2.05) is 44.1 Å². The minimum Gasteiger partial charge on any atom is -0.376 e. The molecule has 100 valence electrons. The standard InChI is InChI=1S/C13H20BrN3O/c1-10-8-11(4-5-12(10)14)16-9-13(18)15-6-7-17(2)3/h4-5,8,16H,6-7,9H2,1-3H3,(H,15,18). The van der Waals surface area contributed by atoms with Gasteiger partial charge in [-0.05, 0) is 44.8 Å². The number of hydrogen-bond donors (Lipinski definition) is 2. The Labute approximate surface area is 117 Å². The third-order valence-corrected chi connectivity index (χ3v) is 3.38. The average Bonchev–Trinajstić information content (AvgIpc) is 2.30. The molecule has 0 aromatic heterocycles. The van der Waals surface area contributed by atoms with E-state index < -0.39 is 0 Å². The SMILES string of the molecule is Cc1cc(NCC(=O)NCCN(C)C)ccc1Br. The van der Waals surface area contributed by atoms with Crippen LogP contribution in [0.25, 0.3) is 0 Å². The van der Waals surface area contributed by atoms with Crippen LogP contribution in [0.15, 0.2) is 22.7 Å². The lowest BCUT2D eigenvalue weighted by molar-refractivity contribution is -0.119. The van der Waals surface area contributed by atoms with Gasteiger partial charge in [-0.3, -0.25) is 4.79 Å². The first-order valence-electron chi connectivity index (χ1n) is 5.90. The normalized spacial score (nSPS) is 10.5. The molecule has 0 aliphatic rings. The molecule has 2 N–H and O–H groups in total. The lowest BCUT2D eigenvalue weighted by Crippen LogP contribution is -2.35. The van der Waals surface area contributed by atoms with E-state index in [9.17, 15) is 4.79 Å². The van der Waals surface area contributed by atoms with Gasteiger partial charge in [-0.15, -0.1) is 0 Å². The van der Waals surface area contributed by atoms with Crippen LogP contribution in [0.1, 0.15) is 5.56 Å². The smallest absolute Gasteiger partial charge is 0.239 e. The number of amides is 1. The number of likely N-dealkylation sites (N-methyl/N-ethyl adjacent to an activating group) is 1. The minimum absolute atomic E-state index is 0.0115. The molecule has 0 spiro atoms. The second kappa shape index (κ2) is 7.38. The topological polar surface area (TPSA) is 44.4 Å². The predicted molar refractivity (Wildman–Crippen MR) is 78.9 cm³/mol. The van der Waals surface area contributed by atoms with Gasteiger partial charge in [-0.2, -0.15) is 0 Å². The molecule has 0 radical (unpaired) electrons. The summed E-state index contributed by atoms with van der Waals surface area (Å²) in [5.74, 6) is 0.0115. The summed E-state index contributed by atoms with van der Waals surface area (Å²) in [4.78, 5) is 13.6. The molecule has 18 heavy (non-hydrogen) atoms. The van der Waals surface area contributed by atoms with Crippen LogP contribution in [0.4, 0.5) is 5.69 Å². The van der Waals surface area contributed by atoms with Crippen LogP contribution in [0.5, 0.6) is 0 Å². The summed E-state index contributed by atoms with van der Waals surface area (Å²) in [5.41, 5.74) is 2.10. The van der Waals surface area contributed by atoms with Gasteiger partial charge in [0.2, 0.25) is 5.91 Å². The Bertz CT molecular complexity index is 407. The lowest BCUT2D eigenvalue weighted by Gasteiger charge is -2.11. The number of aryl methyl sites for hydroxylation is 1. The van der Waals surface area contributed by atoms with Gasteiger partial charge >= 0.3 is 0 Å². The van der Waals surface area contributed by atoms with Gasteiger partial charge in [-0.1, -0.05) is 15.9 Å². The molecule has 1 aromatic carbocycles. The van der Waals surface area contributed by atoms with Gasteiger partial charge in [0.05, 0.1) is 6.54 Å². The molecular formula is C13H20BrN3O. The van der Waals surface area contributed by atoms with Crippen molar-refractivity contribution in [3.63, 3.8) is 0 Å². The number of nitrogens with one attached hydrogen (secondary N) is 2. The number of rotatable bonds is 6. The van der Waals surface area contributed by atoms with Crippen LogP contribution < -0.4 is 10.6 Å². The number of carbonyl (C=O) groups is 1. The van der Waals surface area contributed by atoms with Crippen LogP contribution >= 0.6 is 15.9 Å². The Hall–Kier alpha value is -1.07. The van der Waals surface area contributed by atoms with E-state index in [1.165, 1.54) is 0 Å². The van der Waals surface area contributed by atoms with Crippen molar-refractivity contribution in [1.82, 2.24) is 10.2 Å². The molecule has 0 atom stereocenters. The van der Waals surface area contributed by atoms with Gasteiger partial charge in [0.15, 0.2) is 0 Å². The Balaban J connectivity index is 2.31. The Morgan fingerprint density at radius 1 is 1.39 bits per heavy atom. The molecule has 0 bridgehead atoms. The van der Waals surface area contributed by atoms with Gasteiger partial charge < -0.3 is 15.5 Å². The van der Waals surface area contributed by atoms with Crippen molar-refractivity contribution in [1.29, 1.82) is 0 Å². The zero-order valence-electron chi connectivity index (χ0n) is 11.1. The van der Waals surface area contributed by atoms with Crippen LogP contribution in [0, 0.1) is 6.92 Å². The van der Waals surface area contributed by atoms with E-state index in [1.54, 1.807) is 0 Å². The predicted octanol–water partition coefficient (Wildman–Crippen LogP) is 1.85. The lowest BCUT2D eigenvalue weighted by atomic mass is 10.2. The maximum atomic E-state index is 11.5. The number of hydrogen-bond acceptors (Lipinski definition) is 3. The summed E-state index contributed by atoms with van der Waals surface area (Å²) < 4.78 is 1.07. The highest BCUT2D eigenvalue weighted by molar-refractivity contribution is 9.10. The van der Waals surface area contributed by atoms with Crippen LogP contribution in [-0.4, -0.2) is 44.5 Å². The molecule has 1 aromatic rings. The summed E-state index contributed by atoms with van der Waals surface area (Å²) in [6.45, 7) is 3.84. The highest BCUT2D eigenvalue weighted by Gasteiger charge is 2.02. The molecule has 4 nitrogen and oxygen atoms in total. The van der Waals surface area contributed by atoms with Crippen molar-refractivity contribution in [2.24, 2.45) is 0 Å². The van der Waals surface area contributed by atoms with Gasteiger partial charge in [-0.25, -0.2) is 0 Å². The maximum absolute atomic E-state index is 11.5. The first kappa shape index (κ1) is 15.0. The fourth-order valence-corrected chi connectivity index (χ4v) is 1.67. The van der Waals surface area contributed by atoms with Gasteiger partial charge in [0, 0.05) is 23.2 Å². The Morgan fingerprint density at radius 2 is 2.11 bits per heavy atom. The number of nitrogens with zero attached hydrogens (tertiary/aromatic N) is 1. The van der Waals surface area contributed by atoms with Crippen molar-refractivity contribution in [2.75, 3.05) is 39.0 Å². The molecule has 5 heteroatoms. The Morgan fingerprint density at radius 3 is 2.72 bits per heavy atom. The van der Waals surface area contributed by atoms with Gasteiger partial charge in [0.25, 0.3) is 0 Å². The van der Waals surface area contributed by atoms with E-state index in [-0.39, 0.29) is 5.91 Å². The van der Waals surface area contributed by atoms with Crippen molar-refractivity contribution in [2.45, 2.75) is 6.92 Å². The molecule has 0 unspecified atom stereocenters.